The van der Waals surface area contributed by atoms with E-state index in [4.69, 9.17) is 33.0 Å². The van der Waals surface area contributed by atoms with E-state index in [1.807, 2.05) is 37.3 Å². The number of nitrogens with zero attached hydrogens (tertiary/aromatic N) is 4. The Labute approximate surface area is 266 Å². The minimum absolute atomic E-state index is 0.134. The summed E-state index contributed by atoms with van der Waals surface area (Å²) in [6.07, 6.45) is 3.62. The first kappa shape index (κ1) is 31.2. The Morgan fingerprint density at radius 1 is 0.932 bits per heavy atom. The van der Waals surface area contributed by atoms with E-state index in [1.165, 1.54) is 0 Å². The highest BCUT2D eigenvalue weighted by Gasteiger charge is 2.22. The van der Waals surface area contributed by atoms with Gasteiger partial charge in [0.1, 0.15) is 29.0 Å². The number of nitrogens with one attached hydrogen (secondary N) is 3. The van der Waals surface area contributed by atoms with Crippen molar-refractivity contribution < 1.29 is 14.3 Å². The number of ether oxygens (including phenoxy) is 1. The molecule has 0 atom stereocenters. The number of aromatic nitrogens is 3. The van der Waals surface area contributed by atoms with Gasteiger partial charge >= 0.3 is 12.1 Å². The van der Waals surface area contributed by atoms with E-state index < -0.39 is 6.03 Å². The number of rotatable bonds is 7. The molecule has 5 rings (SSSR count). The fourth-order valence-electron chi connectivity index (χ4n) is 4.63. The second kappa shape index (κ2) is 13.2. The molecule has 1 saturated heterocycles. The summed E-state index contributed by atoms with van der Waals surface area (Å²) in [6.45, 7) is 9.85. The van der Waals surface area contributed by atoms with Crippen LogP contribution >= 0.6 is 23.2 Å². The molecule has 2 aromatic heterocycles. The van der Waals surface area contributed by atoms with Crippen molar-refractivity contribution in [3.05, 3.63) is 87.7 Å². The maximum atomic E-state index is 13.1. The summed E-state index contributed by atoms with van der Waals surface area (Å²) in [5.74, 6) is 1.29. The number of carbonyl (C=O) groups excluding carboxylic acids is 2. The molecule has 230 valence electrons. The van der Waals surface area contributed by atoms with Gasteiger partial charge in [0, 0.05) is 30.8 Å². The number of amides is 4. The number of halogens is 2. The van der Waals surface area contributed by atoms with Crippen LogP contribution in [-0.4, -0.2) is 44.8 Å². The van der Waals surface area contributed by atoms with Gasteiger partial charge in [0.25, 0.3) is 0 Å². The van der Waals surface area contributed by atoms with Crippen LogP contribution in [0.5, 0.6) is 5.75 Å². The third-order valence-electron chi connectivity index (χ3n) is 7.14. The van der Waals surface area contributed by atoms with Crippen molar-refractivity contribution in [2.24, 2.45) is 0 Å². The molecule has 12 heteroatoms. The van der Waals surface area contributed by atoms with Crippen LogP contribution in [0.25, 0.3) is 5.69 Å². The molecule has 3 heterocycles. The van der Waals surface area contributed by atoms with E-state index in [2.05, 4.69) is 41.7 Å². The van der Waals surface area contributed by atoms with Crippen molar-refractivity contribution in [1.82, 2.24) is 19.7 Å². The fourth-order valence-corrected chi connectivity index (χ4v) is 5.05. The lowest BCUT2D eigenvalue weighted by Crippen LogP contribution is -2.32. The number of anilines is 3. The highest BCUT2D eigenvalue weighted by Crippen LogP contribution is 2.38. The van der Waals surface area contributed by atoms with Crippen molar-refractivity contribution in [2.45, 2.75) is 52.6 Å². The van der Waals surface area contributed by atoms with E-state index in [0.29, 0.717) is 23.1 Å². The van der Waals surface area contributed by atoms with Crippen LogP contribution in [0.2, 0.25) is 10.0 Å². The van der Waals surface area contributed by atoms with Crippen LogP contribution in [0.3, 0.4) is 0 Å². The average molecular weight is 637 g/mol. The number of pyridine rings is 1. The highest BCUT2D eigenvalue weighted by atomic mass is 35.5. The minimum Gasteiger partial charge on any atom is -0.487 e. The molecule has 1 aliphatic rings. The van der Waals surface area contributed by atoms with Gasteiger partial charge in [0.05, 0.1) is 22.1 Å². The molecule has 10 nitrogen and oxygen atoms in total. The molecule has 1 fully saturated rings. The first-order valence-corrected chi connectivity index (χ1v) is 15.1. The van der Waals surface area contributed by atoms with Gasteiger partial charge in [-0.1, -0.05) is 61.7 Å². The summed E-state index contributed by atoms with van der Waals surface area (Å²) in [5.41, 5.74) is 3.63. The standard InChI is InChI=1S/C32H35Cl2N7O3/c1-20-7-9-22(10-8-20)41-27(18-25(39-41)32(2,3)4)38-30(42)36-23-11-12-24(29(34)28(23)33)44-19-21-13-14-35-26(17-21)37-31(43)40-15-5-6-16-40/h7-14,17-18H,5-6,15-16,19H2,1-4H3,(H,35,37,43)(H2,36,38,42). The Morgan fingerprint density at radius 2 is 1.66 bits per heavy atom. The SMILES string of the molecule is Cc1ccc(-n2nc(C(C)(C)C)cc2NC(=O)Nc2ccc(OCc3ccnc(NC(=O)N4CCCC4)c3)c(Cl)c2Cl)cc1. The van der Waals surface area contributed by atoms with Crippen molar-refractivity contribution in [3.63, 3.8) is 0 Å². The third kappa shape index (κ3) is 7.43. The molecule has 0 saturated carbocycles. The molecule has 0 aliphatic carbocycles. The molecule has 0 spiro atoms. The van der Waals surface area contributed by atoms with Gasteiger partial charge in [-0.25, -0.2) is 19.3 Å². The summed E-state index contributed by atoms with van der Waals surface area (Å²) < 4.78 is 7.62. The predicted octanol–water partition coefficient (Wildman–Crippen LogP) is 8.03. The van der Waals surface area contributed by atoms with Crippen LogP contribution in [-0.2, 0) is 12.0 Å². The summed E-state index contributed by atoms with van der Waals surface area (Å²) in [5, 5.41) is 13.5. The number of benzene rings is 2. The van der Waals surface area contributed by atoms with E-state index in [9.17, 15) is 9.59 Å². The summed E-state index contributed by atoms with van der Waals surface area (Å²) in [4.78, 5) is 31.5. The lowest BCUT2D eigenvalue weighted by molar-refractivity contribution is 0.222. The van der Waals surface area contributed by atoms with Crippen LogP contribution in [0, 0.1) is 6.92 Å². The Morgan fingerprint density at radius 3 is 2.36 bits per heavy atom. The number of urea groups is 2. The van der Waals surface area contributed by atoms with Crippen molar-refractivity contribution >= 4 is 52.6 Å². The maximum Gasteiger partial charge on any atom is 0.324 e. The molecule has 4 aromatic rings. The zero-order valence-corrected chi connectivity index (χ0v) is 26.6. The van der Waals surface area contributed by atoms with Gasteiger partial charge in [-0.05, 0) is 61.7 Å². The summed E-state index contributed by atoms with van der Waals surface area (Å²) in [6, 6.07) is 15.8. The van der Waals surface area contributed by atoms with E-state index in [-0.39, 0.29) is 28.1 Å². The van der Waals surface area contributed by atoms with E-state index in [0.717, 1.165) is 48.4 Å². The molecule has 3 N–H and O–H groups in total. The topological polar surface area (TPSA) is 113 Å². The number of hydrogen-bond acceptors (Lipinski definition) is 5. The molecule has 4 amide bonds. The molecule has 1 aliphatic heterocycles. The maximum absolute atomic E-state index is 13.1. The monoisotopic (exact) mass is 635 g/mol. The Bertz CT molecular complexity index is 1660. The van der Waals surface area contributed by atoms with Gasteiger partial charge in [-0.3, -0.25) is 10.6 Å². The molecular formula is C32H35Cl2N7O3. The van der Waals surface area contributed by atoms with Crippen molar-refractivity contribution in [2.75, 3.05) is 29.0 Å². The predicted molar refractivity (Wildman–Crippen MR) is 174 cm³/mol. The quantitative estimate of drug-likeness (QED) is 0.190. The Kier molecular flexibility index (Phi) is 9.31. The first-order chi connectivity index (χ1) is 21.0. The molecule has 0 bridgehead atoms. The Hall–Kier alpha value is -4.28. The van der Waals surface area contributed by atoms with Gasteiger partial charge < -0.3 is 15.0 Å². The Balaban J connectivity index is 1.24. The largest absolute Gasteiger partial charge is 0.487 e. The third-order valence-corrected chi connectivity index (χ3v) is 8.00. The average Bonchev–Trinajstić information content (AvgIpc) is 3.67. The van der Waals surface area contributed by atoms with Crippen LogP contribution in [0.1, 0.15) is 50.4 Å². The second-order valence-electron chi connectivity index (χ2n) is 11.7. The summed E-state index contributed by atoms with van der Waals surface area (Å²) in [7, 11) is 0. The highest BCUT2D eigenvalue weighted by molar-refractivity contribution is 6.45. The first-order valence-electron chi connectivity index (χ1n) is 14.4. The smallest absolute Gasteiger partial charge is 0.324 e. The lowest BCUT2D eigenvalue weighted by atomic mass is 9.92. The normalized spacial score (nSPS) is 13.1. The van der Waals surface area contributed by atoms with Crippen LogP contribution in [0.4, 0.5) is 26.9 Å². The number of likely N-dealkylation sites (tertiary alicyclic amines) is 1. The van der Waals surface area contributed by atoms with Gasteiger partial charge in [0.15, 0.2) is 0 Å². The van der Waals surface area contributed by atoms with E-state index >= 15 is 0 Å². The molecule has 0 radical (unpaired) electrons. The molecule has 2 aromatic carbocycles. The zero-order valence-electron chi connectivity index (χ0n) is 25.1. The van der Waals surface area contributed by atoms with Gasteiger partial charge in [-0.15, -0.1) is 0 Å². The number of aryl methyl sites for hydroxylation is 1. The van der Waals surface area contributed by atoms with Gasteiger partial charge in [-0.2, -0.15) is 5.10 Å². The minimum atomic E-state index is -0.509. The van der Waals surface area contributed by atoms with E-state index in [1.54, 1.807) is 40.0 Å². The number of hydrogen-bond donors (Lipinski definition) is 3. The molecular weight excluding hydrogens is 601 g/mol. The van der Waals surface area contributed by atoms with Crippen molar-refractivity contribution in [1.29, 1.82) is 0 Å². The number of carbonyl (C=O) groups is 2. The summed E-state index contributed by atoms with van der Waals surface area (Å²) >= 11 is 13.1. The lowest BCUT2D eigenvalue weighted by Gasteiger charge is -2.16. The zero-order chi connectivity index (χ0) is 31.4. The van der Waals surface area contributed by atoms with Crippen molar-refractivity contribution in [3.8, 4) is 11.4 Å². The molecule has 0 unspecified atom stereocenters. The fraction of sp³-hybridized carbons (Fsp3) is 0.312. The van der Waals surface area contributed by atoms with Gasteiger partial charge in [0.2, 0.25) is 0 Å². The molecule has 44 heavy (non-hydrogen) atoms. The van der Waals surface area contributed by atoms with Crippen LogP contribution < -0.4 is 20.7 Å². The van der Waals surface area contributed by atoms with Crippen LogP contribution in [0.15, 0.2) is 60.8 Å². The second-order valence-corrected chi connectivity index (χ2v) is 12.4.